The van der Waals surface area contributed by atoms with E-state index in [4.69, 9.17) is 14.2 Å². The Morgan fingerprint density at radius 2 is 1.63 bits per heavy atom. The highest BCUT2D eigenvalue weighted by molar-refractivity contribution is 7.99. The number of anilines is 1. The molecule has 0 aliphatic heterocycles. The van der Waals surface area contributed by atoms with E-state index < -0.39 is 4.92 Å². The van der Waals surface area contributed by atoms with Crippen LogP contribution >= 0.6 is 11.8 Å². The molecule has 0 aliphatic carbocycles. The van der Waals surface area contributed by atoms with Crippen LogP contribution < -0.4 is 19.5 Å². The van der Waals surface area contributed by atoms with Crippen LogP contribution in [0.15, 0.2) is 102 Å². The average molecular weight is 598 g/mol. The fourth-order valence-corrected chi connectivity index (χ4v) is 5.02. The summed E-state index contributed by atoms with van der Waals surface area (Å²) in [6.45, 7) is 0. The van der Waals surface area contributed by atoms with Crippen molar-refractivity contribution in [2.75, 3.05) is 25.3 Å². The number of hydrogen-bond donors (Lipinski definition) is 1. The number of methoxy groups -OCH3 is 2. The second-order valence-corrected chi connectivity index (χ2v) is 10.1. The molecule has 1 aromatic heterocycles. The van der Waals surface area contributed by atoms with Crippen molar-refractivity contribution < 1.29 is 23.9 Å². The number of hydrogen-bond acceptors (Lipinski definition) is 9. The van der Waals surface area contributed by atoms with E-state index in [1.165, 1.54) is 30.0 Å². The van der Waals surface area contributed by atoms with E-state index in [2.05, 4.69) is 15.5 Å². The molecule has 0 fully saturated rings. The largest absolute Gasteiger partial charge is 0.493 e. The second-order valence-electron chi connectivity index (χ2n) is 9.15. The van der Waals surface area contributed by atoms with Gasteiger partial charge in [0.1, 0.15) is 17.3 Å². The summed E-state index contributed by atoms with van der Waals surface area (Å²) in [5.41, 5.74) is 1.94. The van der Waals surface area contributed by atoms with E-state index in [0.717, 1.165) is 17.0 Å². The molecule has 218 valence electrons. The van der Waals surface area contributed by atoms with Gasteiger partial charge in [0, 0.05) is 29.9 Å². The van der Waals surface area contributed by atoms with Crippen LogP contribution in [0.1, 0.15) is 11.4 Å². The van der Waals surface area contributed by atoms with E-state index >= 15 is 0 Å². The molecule has 11 nitrogen and oxygen atoms in total. The quantitative estimate of drug-likeness (QED) is 0.0999. The monoisotopic (exact) mass is 597 g/mol. The predicted octanol–water partition coefficient (Wildman–Crippen LogP) is 6.31. The highest BCUT2D eigenvalue weighted by Gasteiger charge is 2.18. The summed E-state index contributed by atoms with van der Waals surface area (Å²) < 4.78 is 18.7. The van der Waals surface area contributed by atoms with Crippen molar-refractivity contribution in [1.29, 1.82) is 0 Å². The first-order valence-electron chi connectivity index (χ1n) is 13.1. The van der Waals surface area contributed by atoms with Crippen LogP contribution in [0, 0.1) is 10.1 Å². The molecule has 12 heteroatoms. The smallest absolute Gasteiger partial charge is 0.271 e. The Morgan fingerprint density at radius 3 is 2.35 bits per heavy atom. The van der Waals surface area contributed by atoms with E-state index in [1.807, 2.05) is 77.4 Å². The highest BCUT2D eigenvalue weighted by atomic mass is 32.2. The van der Waals surface area contributed by atoms with Gasteiger partial charge in [-0.15, -0.1) is 10.2 Å². The molecule has 0 spiro atoms. The summed E-state index contributed by atoms with van der Waals surface area (Å²) in [6, 6.07) is 28.4. The van der Waals surface area contributed by atoms with Crippen molar-refractivity contribution in [3.05, 3.63) is 119 Å². The highest BCUT2D eigenvalue weighted by Crippen LogP contribution is 2.31. The number of carbonyl (C=O) groups is 1. The molecule has 0 atom stereocenters. The molecule has 0 aliphatic rings. The van der Waals surface area contributed by atoms with Gasteiger partial charge in [0.15, 0.2) is 16.7 Å². The minimum Gasteiger partial charge on any atom is -0.493 e. The maximum Gasteiger partial charge on any atom is 0.271 e. The van der Waals surface area contributed by atoms with Crippen LogP contribution in [0.25, 0.3) is 5.69 Å². The fourth-order valence-electron chi connectivity index (χ4n) is 4.25. The number of non-ortho nitro benzene ring substituents is 1. The van der Waals surface area contributed by atoms with E-state index in [0.29, 0.717) is 40.3 Å². The predicted molar refractivity (Wildman–Crippen MR) is 163 cm³/mol. The number of nitrogens with zero attached hydrogens (tertiary/aromatic N) is 4. The van der Waals surface area contributed by atoms with Gasteiger partial charge in [0.25, 0.3) is 5.69 Å². The lowest BCUT2D eigenvalue weighted by Crippen LogP contribution is -2.14. The molecule has 1 heterocycles. The third kappa shape index (κ3) is 7.29. The fraction of sp³-hybridized carbons (Fsp3) is 0.129. The number of carbonyl (C=O) groups excluding carboxylic acids is 1. The van der Waals surface area contributed by atoms with Gasteiger partial charge in [-0.05, 0) is 60.2 Å². The normalized spacial score (nSPS) is 10.7. The van der Waals surface area contributed by atoms with Crippen LogP contribution in [0.2, 0.25) is 0 Å². The van der Waals surface area contributed by atoms with Crippen molar-refractivity contribution in [2.45, 2.75) is 11.6 Å². The summed E-state index contributed by atoms with van der Waals surface area (Å²) in [6.07, 6.45) is 0.427. The van der Waals surface area contributed by atoms with Gasteiger partial charge in [0.05, 0.1) is 24.9 Å². The van der Waals surface area contributed by atoms with Crippen LogP contribution in [0.3, 0.4) is 0 Å². The Balaban J connectivity index is 1.39. The summed E-state index contributed by atoms with van der Waals surface area (Å²) in [7, 11) is 3.16. The standard InChI is InChI=1S/C31H27N5O6S/c1-40-27-16-11-21(17-28(27)41-2)18-29-33-34-31(43-20-30(37)32-22-7-6-8-24(19-22)36(38)39)35(29)23-12-14-26(15-13-23)42-25-9-4-3-5-10-25/h3-17,19H,18,20H2,1-2H3,(H,32,37). The van der Waals surface area contributed by atoms with Gasteiger partial charge in [-0.3, -0.25) is 19.5 Å². The van der Waals surface area contributed by atoms with Gasteiger partial charge in [-0.2, -0.15) is 0 Å². The SMILES string of the molecule is COc1ccc(Cc2nnc(SCC(=O)Nc3cccc([N+](=O)[O-])c3)n2-c2ccc(Oc3ccccc3)cc2)cc1OC. The Bertz CT molecular complexity index is 1730. The molecule has 0 saturated heterocycles. The molecule has 1 amide bonds. The summed E-state index contributed by atoms with van der Waals surface area (Å²) in [5.74, 6) is 2.91. The number of aromatic nitrogens is 3. The molecule has 43 heavy (non-hydrogen) atoms. The Kier molecular flexibility index (Phi) is 9.17. The molecule has 0 saturated carbocycles. The van der Waals surface area contributed by atoms with Gasteiger partial charge in [-0.1, -0.05) is 42.1 Å². The van der Waals surface area contributed by atoms with Crippen LogP contribution in [0.5, 0.6) is 23.0 Å². The van der Waals surface area contributed by atoms with Crippen molar-refractivity contribution in [3.63, 3.8) is 0 Å². The zero-order valence-corrected chi connectivity index (χ0v) is 24.1. The zero-order valence-electron chi connectivity index (χ0n) is 23.3. The van der Waals surface area contributed by atoms with Crippen LogP contribution in [-0.2, 0) is 11.2 Å². The van der Waals surface area contributed by atoms with Crippen LogP contribution in [0.4, 0.5) is 11.4 Å². The minimum absolute atomic E-state index is 0.00634. The number of thioether (sulfide) groups is 1. The number of nitrogens with one attached hydrogen (secondary N) is 1. The molecule has 5 rings (SSSR count). The number of nitro groups is 1. The molecule has 5 aromatic rings. The molecule has 0 radical (unpaired) electrons. The van der Waals surface area contributed by atoms with Gasteiger partial charge in [0.2, 0.25) is 5.91 Å². The number of para-hydroxylation sites is 1. The third-order valence-corrected chi connectivity index (χ3v) is 7.19. The van der Waals surface area contributed by atoms with Crippen LogP contribution in [-0.4, -0.2) is 45.6 Å². The third-order valence-electron chi connectivity index (χ3n) is 6.26. The van der Waals surface area contributed by atoms with Crippen molar-refractivity contribution >= 4 is 29.0 Å². The maximum atomic E-state index is 12.8. The average Bonchev–Trinajstić information content (AvgIpc) is 3.43. The molecular weight excluding hydrogens is 570 g/mol. The second kappa shape index (κ2) is 13.5. The molecular formula is C31H27N5O6S. The van der Waals surface area contributed by atoms with Crippen molar-refractivity contribution in [1.82, 2.24) is 14.8 Å². The number of amides is 1. The Hall–Kier alpha value is -5.36. The maximum absolute atomic E-state index is 12.8. The first kappa shape index (κ1) is 29.1. The van der Waals surface area contributed by atoms with Gasteiger partial charge < -0.3 is 19.5 Å². The number of benzene rings is 4. The zero-order chi connectivity index (χ0) is 30.2. The molecule has 0 bridgehead atoms. The Labute approximate surface area is 251 Å². The van der Waals surface area contributed by atoms with Gasteiger partial charge >= 0.3 is 0 Å². The molecule has 1 N–H and O–H groups in total. The van der Waals surface area contributed by atoms with E-state index in [1.54, 1.807) is 20.3 Å². The van der Waals surface area contributed by atoms with E-state index in [-0.39, 0.29) is 17.3 Å². The van der Waals surface area contributed by atoms with Crippen molar-refractivity contribution in [2.24, 2.45) is 0 Å². The number of ether oxygens (including phenoxy) is 3. The molecule has 4 aromatic carbocycles. The first-order chi connectivity index (χ1) is 20.9. The first-order valence-corrected chi connectivity index (χ1v) is 14.1. The molecule has 0 unspecified atom stereocenters. The Morgan fingerprint density at radius 1 is 0.884 bits per heavy atom. The lowest BCUT2D eigenvalue weighted by Gasteiger charge is -2.13. The van der Waals surface area contributed by atoms with E-state index in [9.17, 15) is 14.9 Å². The minimum atomic E-state index is -0.511. The summed E-state index contributed by atoms with van der Waals surface area (Å²) >= 11 is 1.20. The number of rotatable bonds is 12. The number of nitro benzene ring substituents is 1. The van der Waals surface area contributed by atoms with Gasteiger partial charge in [-0.25, -0.2) is 0 Å². The summed E-state index contributed by atoms with van der Waals surface area (Å²) in [5, 5.41) is 23.1. The summed E-state index contributed by atoms with van der Waals surface area (Å²) in [4.78, 5) is 23.3. The topological polar surface area (TPSA) is 131 Å². The van der Waals surface area contributed by atoms with Crippen molar-refractivity contribution in [3.8, 4) is 28.7 Å². The lowest BCUT2D eigenvalue weighted by atomic mass is 10.1. The lowest BCUT2D eigenvalue weighted by molar-refractivity contribution is -0.384.